The summed E-state index contributed by atoms with van der Waals surface area (Å²) in [5, 5.41) is 0. The minimum absolute atomic E-state index is 0.336. The number of benzene rings is 2. The van der Waals surface area contributed by atoms with Crippen LogP contribution in [0.15, 0.2) is 54.6 Å². The number of methoxy groups -OCH3 is 1. The lowest BCUT2D eigenvalue weighted by atomic mass is 10.0. The highest BCUT2D eigenvalue weighted by Gasteiger charge is 2.16. The van der Waals surface area contributed by atoms with Crippen LogP contribution in [0.5, 0.6) is 5.75 Å². The fraction of sp³-hybridized carbons (Fsp3) is 0.333. The molecule has 2 N–H and O–H groups in total. The second kappa shape index (κ2) is 7.81. The standard InChI is InChI=1S/C18H24N2O/c1-20(14-15-7-6-10-17(13-15)21-2)18(11-12-19)16-8-4-3-5-9-16/h3-10,13,18H,11-12,14,19H2,1-2H3. The van der Waals surface area contributed by atoms with Crippen molar-refractivity contribution in [2.45, 2.75) is 19.0 Å². The van der Waals surface area contributed by atoms with Crippen molar-refractivity contribution in [3.8, 4) is 5.75 Å². The van der Waals surface area contributed by atoms with Gasteiger partial charge < -0.3 is 10.5 Å². The lowest BCUT2D eigenvalue weighted by Crippen LogP contribution is -2.26. The monoisotopic (exact) mass is 284 g/mol. The SMILES string of the molecule is COc1cccc(CN(C)C(CCN)c2ccccc2)c1. The van der Waals surface area contributed by atoms with Gasteiger partial charge in [0.25, 0.3) is 0 Å². The van der Waals surface area contributed by atoms with Crippen molar-refractivity contribution in [1.82, 2.24) is 4.90 Å². The Morgan fingerprint density at radius 2 is 1.86 bits per heavy atom. The van der Waals surface area contributed by atoms with Crippen molar-refractivity contribution in [1.29, 1.82) is 0 Å². The molecule has 2 aromatic carbocycles. The van der Waals surface area contributed by atoms with Gasteiger partial charge in [0.2, 0.25) is 0 Å². The minimum atomic E-state index is 0.336. The Balaban J connectivity index is 2.13. The van der Waals surface area contributed by atoms with Gasteiger partial charge in [-0.2, -0.15) is 0 Å². The molecule has 1 atom stereocenters. The Hall–Kier alpha value is -1.84. The minimum Gasteiger partial charge on any atom is -0.497 e. The maximum atomic E-state index is 5.80. The van der Waals surface area contributed by atoms with Crippen LogP contribution in [-0.2, 0) is 6.54 Å². The Kier molecular flexibility index (Phi) is 5.78. The highest BCUT2D eigenvalue weighted by atomic mass is 16.5. The normalized spacial score (nSPS) is 12.4. The number of ether oxygens (including phenoxy) is 1. The van der Waals surface area contributed by atoms with E-state index in [1.54, 1.807) is 7.11 Å². The van der Waals surface area contributed by atoms with E-state index in [4.69, 9.17) is 10.5 Å². The molecule has 0 aromatic heterocycles. The van der Waals surface area contributed by atoms with E-state index in [9.17, 15) is 0 Å². The van der Waals surface area contributed by atoms with E-state index in [0.717, 1.165) is 18.7 Å². The van der Waals surface area contributed by atoms with E-state index in [0.29, 0.717) is 12.6 Å². The van der Waals surface area contributed by atoms with Crippen LogP contribution in [0.1, 0.15) is 23.6 Å². The highest BCUT2D eigenvalue weighted by Crippen LogP contribution is 2.25. The van der Waals surface area contributed by atoms with Crippen LogP contribution in [0.3, 0.4) is 0 Å². The van der Waals surface area contributed by atoms with Gasteiger partial charge >= 0.3 is 0 Å². The first-order valence-electron chi connectivity index (χ1n) is 7.32. The number of nitrogens with zero attached hydrogens (tertiary/aromatic N) is 1. The number of hydrogen-bond acceptors (Lipinski definition) is 3. The topological polar surface area (TPSA) is 38.5 Å². The molecule has 3 heteroatoms. The van der Waals surface area contributed by atoms with E-state index in [1.165, 1.54) is 11.1 Å². The van der Waals surface area contributed by atoms with E-state index < -0.39 is 0 Å². The van der Waals surface area contributed by atoms with Crippen molar-refractivity contribution in [3.63, 3.8) is 0 Å². The van der Waals surface area contributed by atoms with Crippen molar-refractivity contribution >= 4 is 0 Å². The molecule has 112 valence electrons. The van der Waals surface area contributed by atoms with Crippen LogP contribution in [-0.4, -0.2) is 25.6 Å². The fourth-order valence-electron chi connectivity index (χ4n) is 2.64. The first kappa shape index (κ1) is 15.5. The summed E-state index contributed by atoms with van der Waals surface area (Å²) in [5.74, 6) is 0.899. The zero-order chi connectivity index (χ0) is 15.1. The molecule has 0 aliphatic carbocycles. The average molecular weight is 284 g/mol. The molecule has 0 amide bonds. The molecule has 0 saturated carbocycles. The van der Waals surface area contributed by atoms with Gasteiger partial charge in [-0.15, -0.1) is 0 Å². The Bertz CT molecular complexity index is 542. The van der Waals surface area contributed by atoms with Crippen LogP contribution < -0.4 is 10.5 Å². The number of nitrogens with two attached hydrogens (primary N) is 1. The smallest absolute Gasteiger partial charge is 0.119 e. The summed E-state index contributed by atoms with van der Waals surface area (Å²) in [6, 6.07) is 19.1. The lowest BCUT2D eigenvalue weighted by molar-refractivity contribution is 0.226. The first-order valence-corrected chi connectivity index (χ1v) is 7.32. The third-order valence-corrected chi connectivity index (χ3v) is 3.72. The highest BCUT2D eigenvalue weighted by molar-refractivity contribution is 5.28. The molecule has 0 aliphatic heterocycles. The largest absolute Gasteiger partial charge is 0.497 e. The van der Waals surface area contributed by atoms with Crippen molar-refractivity contribution in [2.24, 2.45) is 5.73 Å². The molecule has 0 radical (unpaired) electrons. The molecular formula is C18H24N2O. The maximum absolute atomic E-state index is 5.80. The van der Waals surface area contributed by atoms with Crippen LogP contribution in [0, 0.1) is 0 Å². The van der Waals surface area contributed by atoms with Gasteiger partial charge in [-0.25, -0.2) is 0 Å². The second-order valence-corrected chi connectivity index (χ2v) is 5.27. The molecule has 0 aliphatic rings. The van der Waals surface area contributed by atoms with Crippen LogP contribution >= 0.6 is 0 Å². The molecule has 0 spiro atoms. The van der Waals surface area contributed by atoms with E-state index in [-0.39, 0.29) is 0 Å². The average Bonchev–Trinajstić information content (AvgIpc) is 2.53. The van der Waals surface area contributed by atoms with Crippen molar-refractivity contribution in [3.05, 3.63) is 65.7 Å². The molecule has 0 bridgehead atoms. The molecule has 21 heavy (non-hydrogen) atoms. The van der Waals surface area contributed by atoms with Gasteiger partial charge in [-0.3, -0.25) is 4.90 Å². The predicted molar refractivity (Wildman–Crippen MR) is 87.3 cm³/mol. The fourth-order valence-corrected chi connectivity index (χ4v) is 2.64. The Morgan fingerprint density at radius 1 is 1.10 bits per heavy atom. The van der Waals surface area contributed by atoms with Crippen LogP contribution in [0.4, 0.5) is 0 Å². The summed E-state index contributed by atoms with van der Waals surface area (Å²) in [7, 11) is 3.84. The van der Waals surface area contributed by atoms with E-state index in [2.05, 4.69) is 48.3 Å². The lowest BCUT2D eigenvalue weighted by Gasteiger charge is -2.28. The van der Waals surface area contributed by atoms with Crippen molar-refractivity contribution in [2.75, 3.05) is 20.7 Å². The van der Waals surface area contributed by atoms with E-state index in [1.807, 2.05) is 18.2 Å². The van der Waals surface area contributed by atoms with Gasteiger partial charge in [0.1, 0.15) is 5.75 Å². The van der Waals surface area contributed by atoms with Gasteiger partial charge in [-0.1, -0.05) is 42.5 Å². The molecule has 2 rings (SSSR count). The first-order chi connectivity index (χ1) is 10.2. The molecule has 2 aromatic rings. The number of hydrogen-bond donors (Lipinski definition) is 1. The molecule has 0 saturated heterocycles. The zero-order valence-electron chi connectivity index (χ0n) is 12.8. The summed E-state index contributed by atoms with van der Waals surface area (Å²) in [6.07, 6.45) is 0.949. The Labute approximate surface area is 127 Å². The third-order valence-electron chi connectivity index (χ3n) is 3.72. The Morgan fingerprint density at radius 3 is 2.52 bits per heavy atom. The zero-order valence-corrected chi connectivity index (χ0v) is 12.8. The van der Waals surface area contributed by atoms with Gasteiger partial charge in [0.05, 0.1) is 7.11 Å². The summed E-state index contributed by atoms with van der Waals surface area (Å²) in [5.41, 5.74) is 8.36. The molecular weight excluding hydrogens is 260 g/mol. The summed E-state index contributed by atoms with van der Waals surface area (Å²) < 4.78 is 5.29. The number of rotatable bonds is 7. The second-order valence-electron chi connectivity index (χ2n) is 5.27. The van der Waals surface area contributed by atoms with E-state index >= 15 is 0 Å². The summed E-state index contributed by atoms with van der Waals surface area (Å²) >= 11 is 0. The van der Waals surface area contributed by atoms with Gasteiger partial charge in [0.15, 0.2) is 0 Å². The van der Waals surface area contributed by atoms with Crippen LogP contribution in [0.2, 0.25) is 0 Å². The van der Waals surface area contributed by atoms with Gasteiger partial charge in [0, 0.05) is 12.6 Å². The predicted octanol–water partition coefficient (Wildman–Crippen LogP) is 3.22. The summed E-state index contributed by atoms with van der Waals surface area (Å²) in [6.45, 7) is 1.55. The van der Waals surface area contributed by atoms with Crippen molar-refractivity contribution < 1.29 is 4.74 Å². The molecule has 0 fully saturated rings. The van der Waals surface area contributed by atoms with Crippen LogP contribution in [0.25, 0.3) is 0 Å². The molecule has 1 unspecified atom stereocenters. The molecule has 0 heterocycles. The molecule has 3 nitrogen and oxygen atoms in total. The maximum Gasteiger partial charge on any atom is 0.119 e. The quantitative estimate of drug-likeness (QED) is 0.848. The van der Waals surface area contributed by atoms with Gasteiger partial charge in [-0.05, 0) is 43.3 Å². The third kappa shape index (κ3) is 4.31. The summed E-state index contributed by atoms with van der Waals surface area (Å²) in [4.78, 5) is 2.34.